The van der Waals surface area contributed by atoms with E-state index in [0.717, 1.165) is 24.6 Å². The van der Waals surface area contributed by atoms with Crippen LogP contribution in [0.25, 0.3) is 0 Å². The molecule has 5 heteroatoms. The Balaban J connectivity index is 1.63. The Morgan fingerprint density at radius 1 is 1.42 bits per heavy atom. The Bertz CT molecular complexity index is 498. The predicted octanol–water partition coefficient (Wildman–Crippen LogP) is 2.20. The van der Waals surface area contributed by atoms with Crippen molar-refractivity contribution in [1.82, 2.24) is 0 Å². The molecule has 3 rings (SSSR count). The van der Waals surface area contributed by atoms with Crippen LogP contribution in [0.5, 0.6) is 5.75 Å². The number of hydrogen-bond acceptors (Lipinski definition) is 4. The molecule has 0 atom stereocenters. The van der Waals surface area contributed by atoms with Crippen molar-refractivity contribution in [3.8, 4) is 5.75 Å². The zero-order chi connectivity index (χ0) is 13.2. The minimum atomic E-state index is -0.128. The molecule has 19 heavy (non-hydrogen) atoms. The monoisotopic (exact) mass is 261 g/mol. The molecule has 1 amide bonds. The molecule has 0 saturated heterocycles. The summed E-state index contributed by atoms with van der Waals surface area (Å²) in [5.74, 6) is 1.47. The molecule has 5 nitrogen and oxygen atoms in total. The van der Waals surface area contributed by atoms with Crippen LogP contribution in [0.3, 0.4) is 0 Å². The van der Waals surface area contributed by atoms with Crippen molar-refractivity contribution in [3.63, 3.8) is 0 Å². The lowest BCUT2D eigenvalue weighted by molar-refractivity contribution is -0.118. The Labute approximate surface area is 112 Å². The van der Waals surface area contributed by atoms with Gasteiger partial charge in [0.05, 0.1) is 17.1 Å². The highest BCUT2D eigenvalue weighted by Crippen LogP contribution is 2.36. The normalized spacial score (nSPS) is 17.4. The second kappa shape index (κ2) is 4.99. The largest absolute Gasteiger partial charge is 0.482 e. The van der Waals surface area contributed by atoms with E-state index in [4.69, 9.17) is 10.5 Å². The topological polar surface area (TPSA) is 76.4 Å². The van der Waals surface area contributed by atoms with Gasteiger partial charge in [0, 0.05) is 12.6 Å². The average Bonchev–Trinajstić information content (AvgIpc) is 3.19. The number of nitrogen functional groups attached to an aromatic ring is 1. The van der Waals surface area contributed by atoms with Crippen LogP contribution in [0.1, 0.15) is 25.7 Å². The van der Waals surface area contributed by atoms with Crippen LogP contribution in [0.15, 0.2) is 12.1 Å². The molecule has 0 unspecified atom stereocenters. The fourth-order valence-electron chi connectivity index (χ4n) is 2.32. The molecule has 4 N–H and O–H groups in total. The second-order valence-corrected chi connectivity index (χ2v) is 5.28. The summed E-state index contributed by atoms with van der Waals surface area (Å²) >= 11 is 0. The van der Waals surface area contributed by atoms with E-state index in [1.165, 1.54) is 19.3 Å². The van der Waals surface area contributed by atoms with Crippen LogP contribution in [0.4, 0.5) is 17.1 Å². The van der Waals surface area contributed by atoms with Gasteiger partial charge in [0.2, 0.25) is 0 Å². The minimum absolute atomic E-state index is 0.0562. The van der Waals surface area contributed by atoms with Crippen LogP contribution in [-0.2, 0) is 4.79 Å². The molecular weight excluding hydrogens is 242 g/mol. The van der Waals surface area contributed by atoms with E-state index in [-0.39, 0.29) is 12.5 Å². The van der Waals surface area contributed by atoms with Gasteiger partial charge in [0.1, 0.15) is 5.75 Å². The van der Waals surface area contributed by atoms with Crippen LogP contribution >= 0.6 is 0 Å². The third-order valence-corrected chi connectivity index (χ3v) is 3.59. The lowest BCUT2D eigenvalue weighted by Gasteiger charge is -2.20. The van der Waals surface area contributed by atoms with Crippen LogP contribution in [-0.4, -0.2) is 19.1 Å². The summed E-state index contributed by atoms with van der Waals surface area (Å²) < 4.78 is 5.32. The number of ether oxygens (including phenoxy) is 1. The van der Waals surface area contributed by atoms with Crippen molar-refractivity contribution in [2.24, 2.45) is 5.92 Å². The van der Waals surface area contributed by atoms with E-state index in [0.29, 0.717) is 17.1 Å². The summed E-state index contributed by atoms with van der Waals surface area (Å²) in [6.45, 7) is 0.967. The Hall–Kier alpha value is -1.91. The highest BCUT2D eigenvalue weighted by molar-refractivity contribution is 5.97. The van der Waals surface area contributed by atoms with Gasteiger partial charge in [-0.15, -0.1) is 0 Å². The number of benzene rings is 1. The Morgan fingerprint density at radius 2 is 2.26 bits per heavy atom. The van der Waals surface area contributed by atoms with Gasteiger partial charge in [-0.25, -0.2) is 0 Å². The molecule has 1 aliphatic heterocycles. The lowest BCUT2D eigenvalue weighted by Crippen LogP contribution is -2.25. The summed E-state index contributed by atoms with van der Waals surface area (Å²) in [7, 11) is 0. The molecule has 1 aliphatic carbocycles. The summed E-state index contributed by atoms with van der Waals surface area (Å²) in [4.78, 5) is 11.3. The average molecular weight is 261 g/mol. The van der Waals surface area contributed by atoms with Crippen molar-refractivity contribution in [1.29, 1.82) is 0 Å². The van der Waals surface area contributed by atoms with Crippen LogP contribution in [0, 0.1) is 5.92 Å². The predicted molar refractivity (Wildman–Crippen MR) is 75.4 cm³/mol. The number of hydrogen-bond donors (Lipinski definition) is 3. The number of anilines is 3. The molecule has 0 radical (unpaired) electrons. The van der Waals surface area contributed by atoms with Gasteiger partial charge in [-0.2, -0.15) is 0 Å². The highest BCUT2D eigenvalue weighted by atomic mass is 16.5. The molecule has 0 aromatic heterocycles. The van der Waals surface area contributed by atoms with Gasteiger partial charge in [-0.1, -0.05) is 12.8 Å². The van der Waals surface area contributed by atoms with Crippen molar-refractivity contribution < 1.29 is 9.53 Å². The number of rotatable bonds is 5. The molecule has 1 aromatic carbocycles. The van der Waals surface area contributed by atoms with E-state index in [1.807, 2.05) is 6.07 Å². The van der Waals surface area contributed by atoms with Crippen LogP contribution in [0.2, 0.25) is 0 Å². The third-order valence-electron chi connectivity index (χ3n) is 3.59. The molecule has 0 bridgehead atoms. The Morgan fingerprint density at radius 3 is 3.05 bits per heavy atom. The summed E-state index contributed by atoms with van der Waals surface area (Å²) in [6.07, 6.45) is 5.23. The van der Waals surface area contributed by atoms with E-state index < -0.39 is 0 Å². The third kappa shape index (κ3) is 2.92. The van der Waals surface area contributed by atoms with Gasteiger partial charge in [-0.3, -0.25) is 4.79 Å². The number of nitrogens with two attached hydrogens (primary N) is 1. The van der Waals surface area contributed by atoms with Gasteiger partial charge < -0.3 is 21.1 Å². The molecule has 2 aliphatic rings. The number of nitrogens with one attached hydrogen (secondary N) is 2. The number of carbonyl (C=O) groups excluding carboxylic acids is 1. The van der Waals surface area contributed by atoms with E-state index in [1.54, 1.807) is 6.07 Å². The Kier molecular flexibility index (Phi) is 3.19. The SMILES string of the molecule is Nc1cc2c(cc1NCCCC1CC1)NC(=O)CO2. The van der Waals surface area contributed by atoms with E-state index in [2.05, 4.69) is 10.6 Å². The van der Waals surface area contributed by atoms with Gasteiger partial charge in [-0.05, 0) is 24.8 Å². The van der Waals surface area contributed by atoms with Crippen molar-refractivity contribution in [2.45, 2.75) is 25.7 Å². The lowest BCUT2D eigenvalue weighted by atomic mass is 10.2. The van der Waals surface area contributed by atoms with Gasteiger partial charge in [0.15, 0.2) is 6.61 Å². The quantitative estimate of drug-likeness (QED) is 0.561. The van der Waals surface area contributed by atoms with Crippen molar-refractivity contribution in [3.05, 3.63) is 12.1 Å². The molecule has 0 spiro atoms. The molecular formula is C14H19N3O2. The van der Waals surface area contributed by atoms with Crippen LogP contribution < -0.4 is 21.1 Å². The van der Waals surface area contributed by atoms with E-state index >= 15 is 0 Å². The summed E-state index contributed by atoms with van der Waals surface area (Å²) in [5.41, 5.74) is 8.18. The number of carbonyl (C=O) groups is 1. The standard InChI is InChI=1S/C14H19N3O2/c15-10-6-13-12(17-14(18)8-19-13)7-11(10)16-5-1-2-9-3-4-9/h6-7,9,16H,1-5,8,15H2,(H,17,18). The number of amides is 1. The smallest absolute Gasteiger partial charge is 0.262 e. The molecule has 1 heterocycles. The van der Waals surface area contributed by atoms with E-state index in [9.17, 15) is 4.79 Å². The fraction of sp³-hybridized carbons (Fsp3) is 0.500. The first kappa shape index (κ1) is 12.1. The molecule has 102 valence electrons. The second-order valence-electron chi connectivity index (χ2n) is 5.28. The summed E-state index contributed by atoms with van der Waals surface area (Å²) in [6, 6.07) is 3.61. The zero-order valence-electron chi connectivity index (χ0n) is 10.9. The maximum Gasteiger partial charge on any atom is 0.262 e. The van der Waals surface area contributed by atoms with Crippen molar-refractivity contribution in [2.75, 3.05) is 29.5 Å². The number of fused-ring (bicyclic) bond motifs is 1. The maximum atomic E-state index is 11.3. The molecule has 1 aromatic rings. The first-order valence-corrected chi connectivity index (χ1v) is 6.82. The van der Waals surface area contributed by atoms with Gasteiger partial charge in [0.25, 0.3) is 5.91 Å². The molecule has 1 saturated carbocycles. The van der Waals surface area contributed by atoms with Crippen molar-refractivity contribution >= 4 is 23.0 Å². The first-order chi connectivity index (χ1) is 9.22. The van der Waals surface area contributed by atoms with Gasteiger partial charge >= 0.3 is 0 Å². The minimum Gasteiger partial charge on any atom is -0.482 e. The first-order valence-electron chi connectivity index (χ1n) is 6.82. The maximum absolute atomic E-state index is 11.3. The summed E-state index contributed by atoms with van der Waals surface area (Å²) in [5, 5.41) is 6.12. The fourth-order valence-corrected chi connectivity index (χ4v) is 2.32. The zero-order valence-corrected chi connectivity index (χ0v) is 10.9. The highest BCUT2D eigenvalue weighted by Gasteiger charge is 2.20. The molecule has 1 fully saturated rings.